The molecule has 0 aliphatic carbocycles. The Hall–Kier alpha value is -2.16. The summed E-state index contributed by atoms with van der Waals surface area (Å²) in [5.41, 5.74) is 2.80. The van der Waals surface area contributed by atoms with Gasteiger partial charge < -0.3 is 4.90 Å². The van der Waals surface area contributed by atoms with Crippen LogP contribution in [0.3, 0.4) is 0 Å². The van der Waals surface area contributed by atoms with Crippen LogP contribution in [-0.2, 0) is 6.54 Å². The molecule has 1 heterocycles. The van der Waals surface area contributed by atoms with E-state index in [1.54, 1.807) is 6.07 Å². The Bertz CT molecular complexity index is 885. The quantitative estimate of drug-likeness (QED) is 0.0929. The maximum Gasteiger partial charge on any atom is 0.169 e. The van der Waals surface area contributed by atoms with Gasteiger partial charge in [-0.1, -0.05) is 129 Å². The summed E-state index contributed by atoms with van der Waals surface area (Å²) in [5, 5.41) is 0. The lowest BCUT2D eigenvalue weighted by molar-refractivity contribution is -0.697. The normalized spacial score (nSPS) is 11.5. The predicted molar refractivity (Wildman–Crippen MR) is 174 cm³/mol. The van der Waals surface area contributed by atoms with Gasteiger partial charge in [0.15, 0.2) is 12.4 Å². The molecule has 3 heteroatoms. The molecule has 0 spiro atoms. The van der Waals surface area contributed by atoms with E-state index in [4.69, 9.17) is 0 Å². The standard InChI is InChI=1S/C37H60FN2/c1-4-7-10-12-14-16-18-20-29-40(30-21-19-17-15-13-11-8-5-2)36-25-24-35(37(38)33-36)23-22-34-26-31-39(32-27-34)28-9-6-3/h22-27,31-33H,4-21,28-30H2,1-3H3/q+1. The molecule has 0 saturated carbocycles. The lowest BCUT2D eigenvalue weighted by Crippen LogP contribution is -2.32. The first-order chi connectivity index (χ1) is 19.7. The van der Waals surface area contributed by atoms with Gasteiger partial charge in [-0.3, -0.25) is 0 Å². The second-order valence-corrected chi connectivity index (χ2v) is 11.7. The van der Waals surface area contributed by atoms with Crippen molar-refractivity contribution < 1.29 is 8.96 Å². The van der Waals surface area contributed by atoms with Crippen LogP contribution in [0, 0.1) is 5.82 Å². The number of rotatable bonds is 24. The highest BCUT2D eigenvalue weighted by molar-refractivity contribution is 5.70. The lowest BCUT2D eigenvalue weighted by Gasteiger charge is -2.25. The van der Waals surface area contributed by atoms with Gasteiger partial charge in [-0.05, 0) is 36.6 Å². The number of unbranched alkanes of at least 4 members (excludes halogenated alkanes) is 15. The number of aromatic nitrogens is 1. The average molecular weight is 552 g/mol. The molecule has 0 bridgehead atoms. The summed E-state index contributed by atoms with van der Waals surface area (Å²) in [5.74, 6) is -0.125. The van der Waals surface area contributed by atoms with Crippen LogP contribution in [0.4, 0.5) is 10.1 Å². The van der Waals surface area contributed by atoms with Crippen molar-refractivity contribution in [1.82, 2.24) is 0 Å². The van der Waals surface area contributed by atoms with Crippen LogP contribution in [-0.4, -0.2) is 13.1 Å². The van der Waals surface area contributed by atoms with Crippen LogP contribution in [0.5, 0.6) is 0 Å². The van der Waals surface area contributed by atoms with E-state index in [-0.39, 0.29) is 5.82 Å². The van der Waals surface area contributed by atoms with Crippen molar-refractivity contribution in [2.75, 3.05) is 18.0 Å². The van der Waals surface area contributed by atoms with Crippen LogP contribution in [0.15, 0.2) is 42.7 Å². The SMILES string of the molecule is CCCCCCCCCCN(CCCCCCCCCC)c1ccc(/C=C/c2cc[n+](CCCC)cc2)c(F)c1. The van der Waals surface area contributed by atoms with Crippen LogP contribution in [0.2, 0.25) is 0 Å². The summed E-state index contributed by atoms with van der Waals surface area (Å²) in [6.07, 6.45) is 31.7. The van der Waals surface area contributed by atoms with Gasteiger partial charge in [0.25, 0.3) is 0 Å². The highest BCUT2D eigenvalue weighted by Crippen LogP contribution is 2.22. The fraction of sp³-hybridized carbons (Fsp3) is 0.649. The van der Waals surface area contributed by atoms with Crippen molar-refractivity contribution in [3.63, 3.8) is 0 Å². The van der Waals surface area contributed by atoms with E-state index in [9.17, 15) is 0 Å². The number of hydrogen-bond acceptors (Lipinski definition) is 1. The first-order valence-electron chi connectivity index (χ1n) is 16.9. The van der Waals surface area contributed by atoms with E-state index in [1.807, 2.05) is 18.2 Å². The van der Waals surface area contributed by atoms with Crippen molar-refractivity contribution in [3.8, 4) is 0 Å². The molecule has 0 N–H and O–H groups in total. The summed E-state index contributed by atoms with van der Waals surface area (Å²) in [6, 6.07) is 10.1. The Morgan fingerprint density at radius 2 is 1.10 bits per heavy atom. The number of pyridine rings is 1. The van der Waals surface area contributed by atoms with Crippen LogP contribution in [0.25, 0.3) is 12.2 Å². The monoisotopic (exact) mass is 551 g/mol. The molecule has 0 unspecified atom stereocenters. The minimum absolute atomic E-state index is 0.125. The van der Waals surface area contributed by atoms with E-state index in [0.29, 0.717) is 5.56 Å². The Kier molecular flexibility index (Phi) is 19.2. The molecule has 1 aromatic carbocycles. The molecular weight excluding hydrogens is 491 g/mol. The summed E-state index contributed by atoms with van der Waals surface area (Å²) >= 11 is 0. The lowest BCUT2D eigenvalue weighted by atomic mass is 10.1. The van der Waals surface area contributed by atoms with E-state index in [2.05, 4.69) is 60.8 Å². The molecule has 0 radical (unpaired) electrons. The minimum atomic E-state index is -0.125. The topological polar surface area (TPSA) is 7.12 Å². The fourth-order valence-electron chi connectivity index (χ4n) is 5.35. The maximum absolute atomic E-state index is 15.2. The Labute approximate surface area is 247 Å². The van der Waals surface area contributed by atoms with Crippen molar-refractivity contribution in [3.05, 3.63) is 59.7 Å². The summed E-state index contributed by atoms with van der Waals surface area (Å²) in [6.45, 7) is 9.87. The first kappa shape index (κ1) is 34.0. The third-order valence-electron chi connectivity index (χ3n) is 8.05. The summed E-state index contributed by atoms with van der Waals surface area (Å²) < 4.78 is 17.4. The van der Waals surface area contributed by atoms with Crippen LogP contribution >= 0.6 is 0 Å². The highest BCUT2D eigenvalue weighted by atomic mass is 19.1. The average Bonchev–Trinajstić information content (AvgIpc) is 2.97. The second kappa shape index (κ2) is 22.5. The molecule has 0 atom stereocenters. The number of hydrogen-bond donors (Lipinski definition) is 0. The molecule has 0 amide bonds. The molecule has 224 valence electrons. The summed E-state index contributed by atoms with van der Waals surface area (Å²) in [4.78, 5) is 2.44. The maximum atomic E-state index is 15.2. The number of aryl methyl sites for hydroxylation is 1. The fourth-order valence-corrected chi connectivity index (χ4v) is 5.35. The number of anilines is 1. The Balaban J connectivity index is 1.91. The zero-order valence-electron chi connectivity index (χ0n) is 26.3. The van der Waals surface area contributed by atoms with E-state index in [1.165, 1.54) is 116 Å². The molecule has 2 aromatic rings. The van der Waals surface area contributed by atoms with Crippen molar-refractivity contribution >= 4 is 17.8 Å². The molecule has 0 aliphatic rings. The Morgan fingerprint density at radius 1 is 0.600 bits per heavy atom. The van der Waals surface area contributed by atoms with E-state index >= 15 is 4.39 Å². The number of halogens is 1. The zero-order chi connectivity index (χ0) is 28.7. The van der Waals surface area contributed by atoms with Gasteiger partial charge in [0.05, 0.1) is 0 Å². The van der Waals surface area contributed by atoms with Gasteiger partial charge in [-0.15, -0.1) is 0 Å². The largest absolute Gasteiger partial charge is 0.371 e. The molecule has 2 nitrogen and oxygen atoms in total. The molecule has 1 aromatic heterocycles. The Morgan fingerprint density at radius 3 is 1.60 bits per heavy atom. The van der Waals surface area contributed by atoms with Gasteiger partial charge in [0.2, 0.25) is 0 Å². The third kappa shape index (κ3) is 15.0. The van der Waals surface area contributed by atoms with Gasteiger partial charge in [-0.2, -0.15) is 0 Å². The van der Waals surface area contributed by atoms with E-state index in [0.717, 1.165) is 30.9 Å². The highest BCUT2D eigenvalue weighted by Gasteiger charge is 2.10. The van der Waals surface area contributed by atoms with Crippen molar-refractivity contribution in [1.29, 1.82) is 0 Å². The van der Waals surface area contributed by atoms with Gasteiger partial charge in [0.1, 0.15) is 12.4 Å². The predicted octanol–water partition coefficient (Wildman–Crippen LogP) is 11.2. The number of benzene rings is 1. The molecule has 2 rings (SSSR count). The second-order valence-electron chi connectivity index (χ2n) is 11.7. The van der Waals surface area contributed by atoms with Crippen molar-refractivity contribution in [2.45, 2.75) is 143 Å². The van der Waals surface area contributed by atoms with Gasteiger partial charge in [-0.25, -0.2) is 8.96 Å². The molecule has 0 fully saturated rings. The molecular formula is C37H60FN2+. The first-order valence-corrected chi connectivity index (χ1v) is 16.9. The van der Waals surface area contributed by atoms with Crippen LogP contribution < -0.4 is 9.47 Å². The smallest absolute Gasteiger partial charge is 0.169 e. The van der Waals surface area contributed by atoms with Gasteiger partial charge >= 0.3 is 0 Å². The van der Waals surface area contributed by atoms with Crippen LogP contribution in [0.1, 0.15) is 147 Å². The molecule has 0 aliphatic heterocycles. The molecule has 40 heavy (non-hydrogen) atoms. The molecule has 0 saturated heterocycles. The summed E-state index contributed by atoms with van der Waals surface area (Å²) in [7, 11) is 0. The zero-order valence-corrected chi connectivity index (χ0v) is 26.3. The number of nitrogens with zero attached hydrogens (tertiary/aromatic N) is 2. The van der Waals surface area contributed by atoms with Crippen molar-refractivity contribution in [2.24, 2.45) is 0 Å². The van der Waals surface area contributed by atoms with E-state index < -0.39 is 0 Å². The minimum Gasteiger partial charge on any atom is -0.371 e. The van der Waals surface area contributed by atoms with Gasteiger partial charge in [0, 0.05) is 42.9 Å². The third-order valence-corrected chi connectivity index (χ3v) is 8.05.